The summed E-state index contributed by atoms with van der Waals surface area (Å²) in [5.74, 6) is -0.669. The molecule has 1 aliphatic heterocycles. The van der Waals surface area contributed by atoms with Crippen LogP contribution in [0.4, 0.5) is 4.39 Å². The number of carbonyl (C=O) groups is 1. The Labute approximate surface area is 119 Å². The van der Waals surface area contributed by atoms with Crippen LogP contribution in [0.3, 0.4) is 0 Å². The number of halogens is 2. The second-order valence-electron chi connectivity index (χ2n) is 4.84. The molecule has 3 N–H and O–H groups in total. The van der Waals surface area contributed by atoms with Gasteiger partial charge in [0.25, 0.3) is 0 Å². The van der Waals surface area contributed by atoms with Gasteiger partial charge in [0.1, 0.15) is 10.8 Å². The fraction of sp³-hybridized carbons (Fsp3) is 0.308. The van der Waals surface area contributed by atoms with Gasteiger partial charge in [-0.3, -0.25) is 10.1 Å². The molecule has 0 bridgehead atoms. The summed E-state index contributed by atoms with van der Waals surface area (Å²) in [6.07, 6.45) is 1.12. The highest BCUT2D eigenvalue weighted by Gasteiger charge is 2.35. The second-order valence-corrected chi connectivity index (χ2v) is 5.22. The topological polar surface area (TPSA) is 68.4 Å². The molecule has 1 amide bonds. The average Bonchev–Trinajstić information content (AvgIpc) is 2.93. The lowest BCUT2D eigenvalue weighted by atomic mass is 10.1. The summed E-state index contributed by atoms with van der Waals surface area (Å²) in [4.78, 5) is 16.1. The number of likely N-dealkylation sites (N-methyl/N-ethyl adjacent to an activating group) is 1. The van der Waals surface area contributed by atoms with Crippen LogP contribution in [-0.4, -0.2) is 40.3 Å². The smallest absolute Gasteiger partial charge is 0.242 e. The lowest BCUT2D eigenvalue weighted by Gasteiger charge is -2.11. The third-order valence-corrected chi connectivity index (χ3v) is 3.99. The first kappa shape index (κ1) is 13.4. The molecule has 0 radical (unpaired) electrons. The maximum absolute atomic E-state index is 13.4. The Morgan fingerprint density at radius 2 is 2.25 bits per heavy atom. The van der Waals surface area contributed by atoms with Crippen molar-refractivity contribution in [2.45, 2.75) is 18.8 Å². The van der Waals surface area contributed by atoms with Crippen LogP contribution in [-0.2, 0) is 11.2 Å². The molecule has 1 aromatic heterocycles. The van der Waals surface area contributed by atoms with Crippen molar-refractivity contribution in [1.29, 1.82) is 0 Å². The van der Waals surface area contributed by atoms with E-state index in [0.717, 1.165) is 10.9 Å². The molecule has 20 heavy (non-hydrogen) atoms. The number of aliphatic hydroxyl groups excluding tert-OH is 1. The normalized spacial score (nSPS) is 23.0. The highest BCUT2D eigenvalue weighted by molar-refractivity contribution is 6.35. The van der Waals surface area contributed by atoms with Crippen molar-refractivity contribution in [1.82, 2.24) is 15.2 Å². The lowest BCUT2D eigenvalue weighted by Crippen LogP contribution is -2.34. The third-order valence-electron chi connectivity index (χ3n) is 3.62. The summed E-state index contributed by atoms with van der Waals surface area (Å²) in [6, 6.07) is 2.42. The van der Waals surface area contributed by atoms with Gasteiger partial charge in [0, 0.05) is 18.6 Å². The third kappa shape index (κ3) is 1.96. The molecule has 1 aliphatic rings. The van der Waals surface area contributed by atoms with E-state index in [1.165, 1.54) is 18.0 Å². The summed E-state index contributed by atoms with van der Waals surface area (Å²) in [5.41, 5.74) is 1.36. The zero-order valence-electron chi connectivity index (χ0n) is 10.7. The highest BCUT2D eigenvalue weighted by atomic mass is 35.5. The van der Waals surface area contributed by atoms with Crippen LogP contribution in [0, 0.1) is 5.82 Å². The van der Waals surface area contributed by atoms with Crippen molar-refractivity contribution in [3.8, 4) is 0 Å². The van der Waals surface area contributed by atoms with Gasteiger partial charge in [-0.25, -0.2) is 4.39 Å². The fourth-order valence-electron chi connectivity index (χ4n) is 2.46. The highest BCUT2D eigenvalue weighted by Crippen LogP contribution is 2.29. The molecule has 106 valence electrons. The number of hydrogen-bond acceptors (Lipinski definition) is 3. The molecular weight excluding hydrogens is 285 g/mol. The largest absolute Gasteiger partial charge is 0.361 e. The molecule has 0 aliphatic carbocycles. The number of aromatic amines is 1. The van der Waals surface area contributed by atoms with Crippen LogP contribution < -0.4 is 5.32 Å². The number of nitrogens with one attached hydrogen (secondary N) is 2. The Bertz CT molecular complexity index is 688. The first-order valence-corrected chi connectivity index (χ1v) is 6.51. The number of H-pyrrole nitrogens is 1. The number of aromatic nitrogens is 1. The Hall–Kier alpha value is -1.63. The fourth-order valence-corrected chi connectivity index (χ4v) is 2.68. The number of amides is 1. The standard InChI is InChI=1S/C13H13ClFN3O2/c1-18-12(19)9(17-13(18)20)4-6-5-16-11-7(6)2-3-8(15)10(11)14/h2-3,5,9,13,16-17,20H,4H2,1H3/t9-,13?/m1/s1. The van der Waals surface area contributed by atoms with E-state index >= 15 is 0 Å². The van der Waals surface area contributed by atoms with Crippen LogP contribution in [0.5, 0.6) is 0 Å². The summed E-state index contributed by atoms with van der Waals surface area (Å²) in [5, 5.41) is 13.2. The number of benzene rings is 1. The van der Waals surface area contributed by atoms with E-state index in [0.29, 0.717) is 11.9 Å². The first-order valence-electron chi connectivity index (χ1n) is 6.14. The van der Waals surface area contributed by atoms with Crippen molar-refractivity contribution in [3.05, 3.63) is 34.7 Å². The van der Waals surface area contributed by atoms with E-state index in [9.17, 15) is 14.3 Å². The quantitative estimate of drug-likeness (QED) is 0.780. The number of aliphatic hydroxyl groups is 1. The summed E-state index contributed by atoms with van der Waals surface area (Å²) in [6.45, 7) is 0. The van der Waals surface area contributed by atoms with Gasteiger partial charge < -0.3 is 15.0 Å². The minimum absolute atomic E-state index is 0.0385. The van der Waals surface area contributed by atoms with E-state index in [-0.39, 0.29) is 10.9 Å². The molecule has 1 fully saturated rings. The number of hydrogen-bond donors (Lipinski definition) is 3. The first-order chi connectivity index (χ1) is 9.49. The van der Waals surface area contributed by atoms with Gasteiger partial charge in [0.05, 0.1) is 11.6 Å². The molecule has 0 saturated carbocycles. The van der Waals surface area contributed by atoms with Crippen LogP contribution in [0.2, 0.25) is 5.02 Å². The van der Waals surface area contributed by atoms with Gasteiger partial charge in [-0.05, 0) is 24.1 Å². The van der Waals surface area contributed by atoms with Crippen LogP contribution in [0.25, 0.3) is 10.9 Å². The molecule has 1 aromatic carbocycles. The predicted octanol–water partition coefficient (Wildman–Crippen LogP) is 1.21. The summed E-state index contributed by atoms with van der Waals surface area (Å²) < 4.78 is 13.4. The SMILES string of the molecule is CN1C(=O)[C@@H](Cc2c[nH]c3c(Cl)c(F)ccc23)NC1O. The maximum Gasteiger partial charge on any atom is 0.242 e. The molecule has 3 rings (SSSR count). The molecule has 1 unspecified atom stereocenters. The van der Waals surface area contributed by atoms with Crippen molar-refractivity contribution in [3.63, 3.8) is 0 Å². The number of carbonyl (C=O) groups excluding carboxylic acids is 1. The van der Waals surface area contributed by atoms with E-state index in [1.807, 2.05) is 0 Å². The maximum atomic E-state index is 13.4. The predicted molar refractivity (Wildman–Crippen MR) is 72.7 cm³/mol. The molecule has 2 atom stereocenters. The molecule has 2 heterocycles. The van der Waals surface area contributed by atoms with Gasteiger partial charge in [-0.15, -0.1) is 0 Å². The van der Waals surface area contributed by atoms with Crippen molar-refractivity contribution in [2.24, 2.45) is 0 Å². The minimum atomic E-state index is -0.973. The van der Waals surface area contributed by atoms with Gasteiger partial charge in [-0.2, -0.15) is 0 Å². The van der Waals surface area contributed by atoms with E-state index in [1.54, 1.807) is 12.3 Å². The molecular formula is C13H13ClFN3O2. The number of rotatable bonds is 2. The molecule has 5 nitrogen and oxygen atoms in total. The van der Waals surface area contributed by atoms with E-state index in [2.05, 4.69) is 10.3 Å². The van der Waals surface area contributed by atoms with Gasteiger partial charge in [-0.1, -0.05) is 11.6 Å². The molecule has 0 spiro atoms. The monoisotopic (exact) mass is 297 g/mol. The number of nitrogens with zero attached hydrogens (tertiary/aromatic N) is 1. The lowest BCUT2D eigenvalue weighted by molar-refractivity contribution is -0.132. The van der Waals surface area contributed by atoms with E-state index in [4.69, 9.17) is 11.6 Å². The Balaban J connectivity index is 1.93. The zero-order valence-corrected chi connectivity index (χ0v) is 11.4. The van der Waals surface area contributed by atoms with Gasteiger partial charge in [0.15, 0.2) is 6.35 Å². The van der Waals surface area contributed by atoms with Crippen LogP contribution in [0.15, 0.2) is 18.3 Å². The van der Waals surface area contributed by atoms with Gasteiger partial charge >= 0.3 is 0 Å². The second kappa shape index (κ2) is 4.73. The van der Waals surface area contributed by atoms with Crippen molar-refractivity contribution < 1.29 is 14.3 Å². The van der Waals surface area contributed by atoms with Crippen molar-refractivity contribution >= 4 is 28.4 Å². The summed E-state index contributed by atoms with van der Waals surface area (Å²) >= 11 is 5.89. The average molecular weight is 298 g/mol. The number of fused-ring (bicyclic) bond motifs is 1. The van der Waals surface area contributed by atoms with Crippen LogP contribution >= 0.6 is 11.6 Å². The molecule has 1 saturated heterocycles. The molecule has 2 aromatic rings. The van der Waals surface area contributed by atoms with Gasteiger partial charge in [0.2, 0.25) is 5.91 Å². The van der Waals surface area contributed by atoms with Crippen molar-refractivity contribution in [2.75, 3.05) is 7.05 Å². The summed E-state index contributed by atoms with van der Waals surface area (Å²) in [7, 11) is 1.53. The Morgan fingerprint density at radius 1 is 1.50 bits per heavy atom. The van der Waals surface area contributed by atoms with E-state index < -0.39 is 18.2 Å². The minimum Gasteiger partial charge on any atom is -0.361 e. The molecule has 7 heteroatoms. The Morgan fingerprint density at radius 3 is 2.90 bits per heavy atom. The Kier molecular flexibility index (Phi) is 3.16. The zero-order chi connectivity index (χ0) is 14.4. The van der Waals surface area contributed by atoms with Crippen LogP contribution in [0.1, 0.15) is 5.56 Å².